The first-order chi connectivity index (χ1) is 7.31. The van der Waals surface area contributed by atoms with Crippen LogP contribution in [-0.4, -0.2) is 26.0 Å². The highest BCUT2D eigenvalue weighted by molar-refractivity contribution is 7.98. The smallest absolute Gasteiger partial charge is 0.0950 e. The summed E-state index contributed by atoms with van der Waals surface area (Å²) in [5, 5.41) is 4.12. The van der Waals surface area contributed by atoms with Gasteiger partial charge in [0, 0.05) is 18.0 Å². The van der Waals surface area contributed by atoms with Gasteiger partial charge in [-0.05, 0) is 24.0 Å². The molecule has 1 saturated heterocycles. The lowest BCUT2D eigenvalue weighted by Crippen LogP contribution is -2.33. The van der Waals surface area contributed by atoms with Crippen LogP contribution in [0.25, 0.3) is 0 Å². The molecule has 1 aromatic carbocycles. The van der Waals surface area contributed by atoms with Gasteiger partial charge in [-0.25, -0.2) is 0 Å². The van der Waals surface area contributed by atoms with Crippen LogP contribution in [0.3, 0.4) is 0 Å². The third-order valence-electron chi connectivity index (χ3n) is 2.48. The number of hydrogen-bond acceptors (Lipinski definition) is 3. The minimum atomic E-state index is 0.146. The van der Waals surface area contributed by atoms with E-state index < -0.39 is 0 Å². The van der Waals surface area contributed by atoms with E-state index in [-0.39, 0.29) is 6.10 Å². The summed E-state index contributed by atoms with van der Waals surface area (Å²) in [5.41, 5.74) is 1.16. The topological polar surface area (TPSA) is 21.3 Å². The number of halogens is 1. The molecule has 2 nitrogen and oxygen atoms in total. The molecule has 1 fully saturated rings. The van der Waals surface area contributed by atoms with Gasteiger partial charge in [-0.3, -0.25) is 0 Å². The van der Waals surface area contributed by atoms with Crippen molar-refractivity contribution in [2.24, 2.45) is 0 Å². The molecular formula is C11H14ClNOS. The van der Waals surface area contributed by atoms with E-state index in [1.807, 2.05) is 12.3 Å². The molecule has 1 aromatic rings. The number of morpholine rings is 1. The standard InChI is InChI=1S/C11H14ClNOS/c1-15-11-3-2-8(6-9(11)12)10-7-13-4-5-14-10/h2-3,6,10,13H,4-5,7H2,1H3. The largest absolute Gasteiger partial charge is 0.371 e. The molecule has 1 unspecified atom stereocenters. The van der Waals surface area contributed by atoms with Crippen molar-refractivity contribution in [2.75, 3.05) is 26.0 Å². The maximum atomic E-state index is 6.15. The van der Waals surface area contributed by atoms with E-state index in [4.69, 9.17) is 16.3 Å². The number of hydrogen-bond donors (Lipinski definition) is 1. The van der Waals surface area contributed by atoms with Crippen molar-refractivity contribution < 1.29 is 4.74 Å². The van der Waals surface area contributed by atoms with Gasteiger partial charge in [0.2, 0.25) is 0 Å². The first-order valence-corrected chi connectivity index (χ1v) is 6.57. The van der Waals surface area contributed by atoms with Crippen molar-refractivity contribution in [1.29, 1.82) is 0 Å². The molecule has 0 aromatic heterocycles. The maximum absolute atomic E-state index is 6.15. The van der Waals surface area contributed by atoms with Crippen LogP contribution in [0.15, 0.2) is 23.1 Å². The van der Waals surface area contributed by atoms with E-state index in [1.165, 1.54) is 0 Å². The second-order valence-electron chi connectivity index (χ2n) is 3.46. The van der Waals surface area contributed by atoms with Crippen LogP contribution in [0.4, 0.5) is 0 Å². The van der Waals surface area contributed by atoms with Crippen LogP contribution < -0.4 is 5.32 Å². The average Bonchev–Trinajstić information content (AvgIpc) is 2.30. The maximum Gasteiger partial charge on any atom is 0.0950 e. The van der Waals surface area contributed by atoms with Gasteiger partial charge in [-0.15, -0.1) is 11.8 Å². The molecular weight excluding hydrogens is 230 g/mol. The lowest BCUT2D eigenvalue weighted by atomic mass is 10.1. The monoisotopic (exact) mass is 243 g/mol. The van der Waals surface area contributed by atoms with Crippen LogP contribution in [0.2, 0.25) is 5.02 Å². The van der Waals surface area contributed by atoms with Gasteiger partial charge in [0.1, 0.15) is 0 Å². The summed E-state index contributed by atoms with van der Waals surface area (Å²) in [7, 11) is 0. The summed E-state index contributed by atoms with van der Waals surface area (Å²) in [6.07, 6.45) is 2.17. The zero-order valence-electron chi connectivity index (χ0n) is 8.63. The summed E-state index contributed by atoms with van der Waals surface area (Å²) in [6, 6.07) is 6.15. The summed E-state index contributed by atoms with van der Waals surface area (Å²) in [4.78, 5) is 1.11. The molecule has 0 spiro atoms. The Morgan fingerprint density at radius 2 is 2.40 bits per heavy atom. The van der Waals surface area contributed by atoms with E-state index in [2.05, 4.69) is 17.4 Å². The third-order valence-corrected chi connectivity index (χ3v) is 3.70. The second kappa shape index (κ2) is 5.21. The van der Waals surface area contributed by atoms with E-state index >= 15 is 0 Å². The normalized spacial score (nSPS) is 21.6. The molecule has 0 bridgehead atoms. The van der Waals surface area contributed by atoms with Gasteiger partial charge < -0.3 is 10.1 Å². The van der Waals surface area contributed by atoms with Gasteiger partial charge in [0.25, 0.3) is 0 Å². The molecule has 1 N–H and O–H groups in total. The fourth-order valence-corrected chi connectivity index (χ4v) is 2.54. The lowest BCUT2D eigenvalue weighted by Gasteiger charge is -2.24. The van der Waals surface area contributed by atoms with Crippen molar-refractivity contribution in [1.82, 2.24) is 5.32 Å². The Kier molecular flexibility index (Phi) is 3.92. The van der Waals surface area contributed by atoms with Crippen molar-refractivity contribution >= 4 is 23.4 Å². The van der Waals surface area contributed by atoms with Gasteiger partial charge in [-0.2, -0.15) is 0 Å². The van der Waals surface area contributed by atoms with Gasteiger partial charge in [0.15, 0.2) is 0 Å². The fourth-order valence-electron chi connectivity index (χ4n) is 1.66. The molecule has 2 rings (SSSR count). The summed E-state index contributed by atoms with van der Waals surface area (Å²) in [6.45, 7) is 2.58. The molecule has 0 radical (unpaired) electrons. The van der Waals surface area contributed by atoms with Crippen molar-refractivity contribution in [3.8, 4) is 0 Å². The molecule has 0 aliphatic carbocycles. The van der Waals surface area contributed by atoms with Crippen molar-refractivity contribution in [3.05, 3.63) is 28.8 Å². The Morgan fingerprint density at radius 1 is 1.53 bits per heavy atom. The summed E-state index contributed by atoms with van der Waals surface area (Å²) >= 11 is 7.81. The third kappa shape index (κ3) is 2.67. The Labute approximate surface area is 99.3 Å². The molecule has 0 saturated carbocycles. The molecule has 1 heterocycles. The molecule has 1 aliphatic rings. The average molecular weight is 244 g/mol. The highest BCUT2D eigenvalue weighted by Crippen LogP contribution is 2.29. The highest BCUT2D eigenvalue weighted by atomic mass is 35.5. The number of benzene rings is 1. The van der Waals surface area contributed by atoms with E-state index in [1.54, 1.807) is 11.8 Å². The van der Waals surface area contributed by atoms with Crippen LogP contribution in [0.1, 0.15) is 11.7 Å². The molecule has 82 valence electrons. The lowest BCUT2D eigenvalue weighted by molar-refractivity contribution is 0.0277. The number of nitrogens with one attached hydrogen (secondary N) is 1. The van der Waals surface area contributed by atoms with Crippen molar-refractivity contribution in [3.63, 3.8) is 0 Å². The molecule has 1 aliphatic heterocycles. The minimum Gasteiger partial charge on any atom is -0.371 e. The molecule has 1 atom stereocenters. The van der Waals surface area contributed by atoms with E-state index in [0.717, 1.165) is 35.2 Å². The van der Waals surface area contributed by atoms with Crippen LogP contribution in [0, 0.1) is 0 Å². The number of rotatable bonds is 2. The van der Waals surface area contributed by atoms with Crippen LogP contribution >= 0.6 is 23.4 Å². The van der Waals surface area contributed by atoms with Crippen LogP contribution in [-0.2, 0) is 4.74 Å². The van der Waals surface area contributed by atoms with Crippen molar-refractivity contribution in [2.45, 2.75) is 11.0 Å². The first kappa shape index (κ1) is 11.3. The van der Waals surface area contributed by atoms with E-state index in [0.29, 0.717) is 0 Å². The zero-order chi connectivity index (χ0) is 10.7. The number of ether oxygens (including phenoxy) is 1. The highest BCUT2D eigenvalue weighted by Gasteiger charge is 2.16. The summed E-state index contributed by atoms with van der Waals surface area (Å²) in [5.74, 6) is 0. The van der Waals surface area contributed by atoms with Gasteiger partial charge in [0.05, 0.1) is 17.7 Å². The van der Waals surface area contributed by atoms with Gasteiger partial charge >= 0.3 is 0 Å². The zero-order valence-corrected chi connectivity index (χ0v) is 10.2. The van der Waals surface area contributed by atoms with Gasteiger partial charge in [-0.1, -0.05) is 17.7 Å². The predicted octanol–water partition coefficient (Wildman–Crippen LogP) is 2.72. The Hall–Kier alpha value is -0.220. The minimum absolute atomic E-state index is 0.146. The summed E-state index contributed by atoms with van der Waals surface area (Å²) < 4.78 is 5.66. The fraction of sp³-hybridized carbons (Fsp3) is 0.455. The SMILES string of the molecule is CSc1ccc(C2CNCCO2)cc1Cl. The van der Waals surface area contributed by atoms with Crippen LogP contribution in [0.5, 0.6) is 0 Å². The first-order valence-electron chi connectivity index (χ1n) is 4.97. The molecule has 0 amide bonds. The van der Waals surface area contributed by atoms with E-state index in [9.17, 15) is 0 Å². The Morgan fingerprint density at radius 3 is 3.00 bits per heavy atom. The quantitative estimate of drug-likeness (QED) is 0.808. The molecule has 15 heavy (non-hydrogen) atoms. The predicted molar refractivity (Wildman–Crippen MR) is 64.8 cm³/mol. The Bertz CT molecular complexity index is 339. The number of thioether (sulfide) groups is 1. The molecule has 4 heteroatoms. The Balaban J connectivity index is 2.17. The second-order valence-corrected chi connectivity index (χ2v) is 4.71.